The zero-order valence-electron chi connectivity index (χ0n) is 16.3. The molecule has 0 fully saturated rings. The average Bonchev–Trinajstić information content (AvgIpc) is 3.30. The summed E-state index contributed by atoms with van der Waals surface area (Å²) in [5.74, 6) is 0.649. The summed E-state index contributed by atoms with van der Waals surface area (Å²) in [5, 5.41) is 7.09. The molecule has 0 saturated heterocycles. The molecule has 5 heteroatoms. The van der Waals surface area contributed by atoms with Crippen molar-refractivity contribution in [1.82, 2.24) is 15.5 Å². The molecule has 30 heavy (non-hydrogen) atoms. The van der Waals surface area contributed by atoms with Crippen molar-refractivity contribution in [3.63, 3.8) is 0 Å². The average molecular weight is 395 g/mol. The highest BCUT2D eigenvalue weighted by molar-refractivity contribution is 5.91. The predicted molar refractivity (Wildman–Crippen MR) is 116 cm³/mol. The van der Waals surface area contributed by atoms with Crippen molar-refractivity contribution < 1.29 is 9.32 Å². The van der Waals surface area contributed by atoms with E-state index in [1.165, 1.54) is 6.08 Å². The lowest BCUT2D eigenvalue weighted by atomic mass is 10.1. The third kappa shape index (κ3) is 5.08. The summed E-state index contributed by atoms with van der Waals surface area (Å²) in [6.07, 6.45) is 3.84. The molecule has 1 amide bonds. The van der Waals surface area contributed by atoms with E-state index >= 15 is 0 Å². The Morgan fingerprint density at radius 2 is 1.53 bits per heavy atom. The molecule has 1 atom stereocenters. The van der Waals surface area contributed by atoms with Gasteiger partial charge >= 0.3 is 0 Å². The molecular weight excluding hydrogens is 374 g/mol. The number of benzene rings is 3. The molecule has 0 radical (unpaired) electrons. The highest BCUT2D eigenvalue weighted by Crippen LogP contribution is 2.21. The van der Waals surface area contributed by atoms with Crippen LogP contribution in [0, 0.1) is 0 Å². The quantitative estimate of drug-likeness (QED) is 0.454. The van der Waals surface area contributed by atoms with Crippen LogP contribution >= 0.6 is 0 Å². The van der Waals surface area contributed by atoms with Gasteiger partial charge in [0.25, 0.3) is 0 Å². The van der Waals surface area contributed by atoms with Crippen molar-refractivity contribution in [1.29, 1.82) is 0 Å². The number of nitrogens with zero attached hydrogens (tertiary/aromatic N) is 2. The van der Waals surface area contributed by atoms with Gasteiger partial charge in [-0.2, -0.15) is 4.98 Å². The van der Waals surface area contributed by atoms with Gasteiger partial charge in [0.2, 0.25) is 17.6 Å². The molecular formula is C25H21N3O2. The Morgan fingerprint density at radius 3 is 2.23 bits per heavy atom. The van der Waals surface area contributed by atoms with Crippen molar-refractivity contribution in [3.05, 3.63) is 114 Å². The minimum absolute atomic E-state index is 0.223. The van der Waals surface area contributed by atoms with Crippen LogP contribution in [0.1, 0.15) is 23.1 Å². The number of hydrogen-bond acceptors (Lipinski definition) is 4. The van der Waals surface area contributed by atoms with E-state index in [2.05, 4.69) is 15.5 Å². The lowest BCUT2D eigenvalue weighted by molar-refractivity contribution is -0.117. The smallest absolute Gasteiger partial charge is 0.249 e. The molecule has 148 valence electrons. The topological polar surface area (TPSA) is 68.0 Å². The van der Waals surface area contributed by atoms with Gasteiger partial charge in [0.1, 0.15) is 6.04 Å². The minimum atomic E-state index is -0.440. The monoisotopic (exact) mass is 395 g/mol. The number of aromatic nitrogens is 2. The summed E-state index contributed by atoms with van der Waals surface area (Å²) in [6.45, 7) is 0. The Hall–Kier alpha value is -3.99. The molecule has 4 rings (SSSR count). The molecule has 3 aromatic carbocycles. The van der Waals surface area contributed by atoms with Crippen molar-refractivity contribution in [2.75, 3.05) is 0 Å². The SMILES string of the molecule is O=C(/C=C/c1ccccc1)NC(Cc1ccccc1)c1nc(-c2ccccc2)no1. The highest BCUT2D eigenvalue weighted by Gasteiger charge is 2.21. The summed E-state index contributed by atoms with van der Waals surface area (Å²) in [5.41, 5.74) is 2.88. The molecule has 0 aliphatic heterocycles. The third-order valence-corrected chi connectivity index (χ3v) is 4.60. The molecule has 1 aromatic heterocycles. The Labute approximate surface area is 175 Å². The number of carbonyl (C=O) groups excluding carboxylic acids is 1. The van der Waals surface area contributed by atoms with Gasteiger partial charge < -0.3 is 9.84 Å². The standard InChI is InChI=1S/C25H21N3O2/c29-23(17-16-19-10-4-1-5-11-19)26-22(18-20-12-6-2-7-13-20)25-27-24(28-30-25)21-14-8-3-9-15-21/h1-17,22H,18H2,(H,26,29)/b17-16+. The van der Waals surface area contributed by atoms with Gasteiger partial charge in [0.05, 0.1) is 0 Å². The number of amides is 1. The molecule has 0 spiro atoms. The summed E-state index contributed by atoms with van der Waals surface area (Å²) < 4.78 is 5.52. The fourth-order valence-corrected chi connectivity index (χ4v) is 3.09. The fourth-order valence-electron chi connectivity index (χ4n) is 3.09. The number of carbonyl (C=O) groups is 1. The minimum Gasteiger partial charge on any atom is -0.340 e. The van der Waals surface area contributed by atoms with Gasteiger partial charge in [-0.1, -0.05) is 96.2 Å². The summed E-state index contributed by atoms with van der Waals surface area (Å²) in [7, 11) is 0. The molecule has 0 bridgehead atoms. The first-order valence-corrected chi connectivity index (χ1v) is 9.74. The van der Waals surface area contributed by atoms with E-state index in [9.17, 15) is 4.79 Å². The van der Waals surface area contributed by atoms with E-state index in [1.54, 1.807) is 6.08 Å². The van der Waals surface area contributed by atoms with E-state index in [0.29, 0.717) is 18.1 Å². The molecule has 1 heterocycles. The van der Waals surface area contributed by atoms with E-state index in [0.717, 1.165) is 16.7 Å². The highest BCUT2D eigenvalue weighted by atomic mass is 16.5. The van der Waals surface area contributed by atoms with Crippen LogP contribution in [0.15, 0.2) is 102 Å². The summed E-state index contributed by atoms with van der Waals surface area (Å²) in [6, 6.07) is 28.7. The second kappa shape index (κ2) is 9.47. The van der Waals surface area contributed by atoms with Crippen LogP contribution in [0.2, 0.25) is 0 Å². The Kier molecular flexibility index (Phi) is 6.11. The lowest BCUT2D eigenvalue weighted by Crippen LogP contribution is -2.28. The zero-order valence-corrected chi connectivity index (χ0v) is 16.3. The zero-order chi connectivity index (χ0) is 20.6. The maximum atomic E-state index is 12.6. The van der Waals surface area contributed by atoms with Crippen molar-refractivity contribution >= 4 is 12.0 Å². The molecule has 1 N–H and O–H groups in total. The molecule has 0 aliphatic carbocycles. The van der Waals surface area contributed by atoms with Crippen LogP contribution in [0.25, 0.3) is 17.5 Å². The second-order valence-electron chi connectivity index (χ2n) is 6.82. The van der Waals surface area contributed by atoms with Crippen LogP contribution in [-0.4, -0.2) is 16.0 Å². The third-order valence-electron chi connectivity index (χ3n) is 4.60. The van der Waals surface area contributed by atoms with E-state index in [1.807, 2.05) is 91.0 Å². The Morgan fingerprint density at radius 1 is 0.900 bits per heavy atom. The summed E-state index contributed by atoms with van der Waals surface area (Å²) in [4.78, 5) is 17.1. The van der Waals surface area contributed by atoms with Gasteiger partial charge in [0, 0.05) is 18.1 Å². The molecule has 0 aliphatic rings. The first kappa shape index (κ1) is 19.3. The van der Waals surface area contributed by atoms with E-state index < -0.39 is 6.04 Å². The number of rotatable bonds is 7. The molecule has 5 nitrogen and oxygen atoms in total. The van der Waals surface area contributed by atoms with E-state index in [-0.39, 0.29) is 5.91 Å². The van der Waals surface area contributed by atoms with Gasteiger partial charge in [0.15, 0.2) is 0 Å². The molecule has 4 aromatic rings. The van der Waals surface area contributed by atoms with Gasteiger partial charge in [-0.3, -0.25) is 4.79 Å². The van der Waals surface area contributed by atoms with Crippen LogP contribution in [0.3, 0.4) is 0 Å². The lowest BCUT2D eigenvalue weighted by Gasteiger charge is -2.14. The van der Waals surface area contributed by atoms with Gasteiger partial charge in [-0.15, -0.1) is 0 Å². The van der Waals surface area contributed by atoms with Gasteiger partial charge in [-0.05, 0) is 17.2 Å². The maximum absolute atomic E-state index is 12.6. The van der Waals surface area contributed by atoms with Gasteiger partial charge in [-0.25, -0.2) is 0 Å². The molecule has 0 saturated carbocycles. The first-order chi connectivity index (χ1) is 14.8. The Bertz CT molecular complexity index is 1110. The van der Waals surface area contributed by atoms with E-state index in [4.69, 9.17) is 4.52 Å². The second-order valence-corrected chi connectivity index (χ2v) is 6.82. The van der Waals surface area contributed by atoms with Crippen molar-refractivity contribution in [2.45, 2.75) is 12.5 Å². The first-order valence-electron chi connectivity index (χ1n) is 9.74. The predicted octanol–water partition coefficient (Wildman–Crippen LogP) is 4.85. The maximum Gasteiger partial charge on any atom is 0.249 e. The van der Waals surface area contributed by atoms with Crippen molar-refractivity contribution in [3.8, 4) is 11.4 Å². The molecule has 1 unspecified atom stereocenters. The van der Waals surface area contributed by atoms with Crippen LogP contribution in [0.5, 0.6) is 0 Å². The largest absolute Gasteiger partial charge is 0.340 e. The summed E-state index contributed by atoms with van der Waals surface area (Å²) >= 11 is 0. The fraction of sp³-hybridized carbons (Fsp3) is 0.0800. The van der Waals surface area contributed by atoms with Crippen molar-refractivity contribution in [2.24, 2.45) is 0 Å². The number of hydrogen-bond donors (Lipinski definition) is 1. The van der Waals surface area contributed by atoms with Crippen LogP contribution < -0.4 is 5.32 Å². The van der Waals surface area contributed by atoms with Crippen LogP contribution in [0.4, 0.5) is 0 Å². The van der Waals surface area contributed by atoms with Crippen LogP contribution in [-0.2, 0) is 11.2 Å². The normalized spacial score (nSPS) is 12.0. The number of nitrogens with one attached hydrogen (secondary N) is 1. The Balaban J connectivity index is 1.54.